The van der Waals surface area contributed by atoms with Crippen LogP contribution < -0.4 is 5.73 Å². The van der Waals surface area contributed by atoms with Crippen LogP contribution in [0.3, 0.4) is 0 Å². The average molecular weight is 247 g/mol. The third-order valence-corrected chi connectivity index (χ3v) is 3.08. The molecule has 0 amide bonds. The number of hydrogen-bond donors (Lipinski definition) is 1. The molecule has 0 heterocycles. The zero-order valence-corrected chi connectivity index (χ0v) is 10.7. The van der Waals surface area contributed by atoms with Crippen LogP contribution in [0.5, 0.6) is 0 Å². The predicted molar refractivity (Wildman–Crippen MR) is 66.5 cm³/mol. The van der Waals surface area contributed by atoms with Crippen LogP contribution in [0.4, 0.5) is 0 Å². The third kappa shape index (κ3) is 3.08. The van der Waals surface area contributed by atoms with Gasteiger partial charge in [-0.05, 0) is 38.7 Å². The van der Waals surface area contributed by atoms with E-state index in [1.54, 1.807) is 6.07 Å². The van der Waals surface area contributed by atoms with Crippen molar-refractivity contribution < 1.29 is 0 Å². The van der Waals surface area contributed by atoms with Crippen molar-refractivity contribution in [1.29, 1.82) is 0 Å². The molecule has 0 saturated carbocycles. The van der Waals surface area contributed by atoms with Crippen LogP contribution >= 0.6 is 23.2 Å². The van der Waals surface area contributed by atoms with E-state index in [2.05, 4.69) is 4.90 Å². The highest BCUT2D eigenvalue weighted by atomic mass is 35.5. The summed E-state index contributed by atoms with van der Waals surface area (Å²) in [5.41, 5.74) is 7.03. The van der Waals surface area contributed by atoms with Gasteiger partial charge in [-0.2, -0.15) is 0 Å². The van der Waals surface area contributed by atoms with Crippen LogP contribution in [0.25, 0.3) is 0 Å². The smallest absolute Gasteiger partial charge is 0.0595 e. The summed E-state index contributed by atoms with van der Waals surface area (Å²) >= 11 is 11.8. The fourth-order valence-corrected chi connectivity index (χ4v) is 2.07. The first-order chi connectivity index (χ1) is 6.93. The predicted octanol–water partition coefficient (Wildman–Crippen LogP) is 2.94. The summed E-state index contributed by atoms with van der Waals surface area (Å²) in [5, 5.41) is 1.14. The quantitative estimate of drug-likeness (QED) is 0.889. The van der Waals surface area contributed by atoms with E-state index in [9.17, 15) is 0 Å². The van der Waals surface area contributed by atoms with Crippen LogP contribution in [-0.2, 0) is 0 Å². The van der Waals surface area contributed by atoms with Crippen molar-refractivity contribution in [2.24, 2.45) is 5.73 Å². The van der Waals surface area contributed by atoms with Gasteiger partial charge in [-0.15, -0.1) is 0 Å². The summed E-state index contributed by atoms with van der Waals surface area (Å²) < 4.78 is 0. The molecule has 2 nitrogen and oxygen atoms in total. The molecule has 0 aliphatic heterocycles. The Balaban J connectivity index is 3.07. The van der Waals surface area contributed by atoms with Crippen molar-refractivity contribution in [3.63, 3.8) is 0 Å². The zero-order chi connectivity index (χ0) is 11.6. The van der Waals surface area contributed by atoms with Gasteiger partial charge >= 0.3 is 0 Å². The summed E-state index contributed by atoms with van der Waals surface area (Å²) in [6.45, 7) is 1.98. The summed E-state index contributed by atoms with van der Waals surface area (Å²) in [4.78, 5) is 2.07. The Bertz CT molecular complexity index is 329. The maximum atomic E-state index is 5.98. The minimum Gasteiger partial charge on any atom is -0.326 e. The van der Waals surface area contributed by atoms with Crippen molar-refractivity contribution >= 4 is 23.2 Å². The molecule has 1 rings (SSSR count). The van der Waals surface area contributed by atoms with Crippen molar-refractivity contribution in [3.05, 3.63) is 33.8 Å². The number of likely N-dealkylation sites (N-methyl/N-ethyl adjacent to an activating group) is 1. The van der Waals surface area contributed by atoms with Gasteiger partial charge in [-0.1, -0.05) is 29.3 Å². The molecule has 0 saturated heterocycles. The molecule has 2 unspecified atom stereocenters. The second-order valence-electron chi connectivity index (χ2n) is 3.94. The Labute approximate surface area is 101 Å². The maximum absolute atomic E-state index is 5.98. The molecule has 2 atom stereocenters. The van der Waals surface area contributed by atoms with E-state index in [0.29, 0.717) is 10.0 Å². The molecule has 4 heteroatoms. The Morgan fingerprint density at radius 1 is 1.20 bits per heavy atom. The zero-order valence-electron chi connectivity index (χ0n) is 9.17. The van der Waals surface area contributed by atoms with E-state index < -0.39 is 0 Å². The first-order valence-corrected chi connectivity index (χ1v) is 5.56. The minimum atomic E-state index is 0.0391. The second-order valence-corrected chi connectivity index (χ2v) is 4.76. The first kappa shape index (κ1) is 12.8. The monoisotopic (exact) mass is 246 g/mol. The van der Waals surface area contributed by atoms with Gasteiger partial charge in [0, 0.05) is 12.1 Å². The van der Waals surface area contributed by atoms with E-state index in [0.717, 1.165) is 5.56 Å². The molecule has 0 radical (unpaired) electrons. The highest BCUT2D eigenvalue weighted by Crippen LogP contribution is 2.28. The Morgan fingerprint density at radius 2 is 1.80 bits per heavy atom. The van der Waals surface area contributed by atoms with Gasteiger partial charge in [0.15, 0.2) is 0 Å². The van der Waals surface area contributed by atoms with E-state index >= 15 is 0 Å². The van der Waals surface area contributed by atoms with Crippen LogP contribution in [0.2, 0.25) is 10.0 Å². The second kappa shape index (κ2) is 5.17. The van der Waals surface area contributed by atoms with Crippen molar-refractivity contribution in [1.82, 2.24) is 4.90 Å². The lowest BCUT2D eigenvalue weighted by molar-refractivity contribution is 0.266. The first-order valence-electron chi connectivity index (χ1n) is 4.80. The summed E-state index contributed by atoms with van der Waals surface area (Å²) in [6, 6.07) is 5.83. The molecular formula is C11H16Cl2N2. The van der Waals surface area contributed by atoms with E-state index in [1.807, 2.05) is 33.2 Å². The number of nitrogens with two attached hydrogens (primary N) is 1. The van der Waals surface area contributed by atoms with Gasteiger partial charge < -0.3 is 10.6 Å². The molecule has 0 aliphatic carbocycles. The Hall–Kier alpha value is -0.280. The minimum absolute atomic E-state index is 0.0391. The molecule has 2 N–H and O–H groups in total. The van der Waals surface area contributed by atoms with Crippen molar-refractivity contribution in [3.8, 4) is 0 Å². The van der Waals surface area contributed by atoms with Crippen molar-refractivity contribution in [2.75, 3.05) is 14.1 Å². The van der Waals surface area contributed by atoms with Gasteiger partial charge in [0.2, 0.25) is 0 Å². The Morgan fingerprint density at radius 3 is 2.20 bits per heavy atom. The topological polar surface area (TPSA) is 29.3 Å². The summed E-state index contributed by atoms with van der Waals surface area (Å²) in [6.07, 6.45) is 0. The summed E-state index contributed by atoms with van der Waals surface area (Å²) in [7, 11) is 3.99. The fourth-order valence-electron chi connectivity index (χ4n) is 1.77. The molecule has 0 aliphatic rings. The van der Waals surface area contributed by atoms with E-state index in [4.69, 9.17) is 28.9 Å². The largest absolute Gasteiger partial charge is 0.326 e. The molecule has 84 valence electrons. The maximum Gasteiger partial charge on any atom is 0.0595 e. The number of rotatable bonds is 3. The number of benzene rings is 1. The van der Waals surface area contributed by atoms with Gasteiger partial charge in [-0.25, -0.2) is 0 Å². The molecule has 0 bridgehead atoms. The van der Waals surface area contributed by atoms with Gasteiger partial charge in [-0.3, -0.25) is 0 Å². The standard InChI is InChI=1S/C11H16Cl2N2/c1-7(14)11(15(2)3)8-4-5-9(12)10(13)6-8/h4-7,11H,14H2,1-3H3. The lowest BCUT2D eigenvalue weighted by Crippen LogP contribution is -2.35. The van der Waals surface area contributed by atoms with Crippen LogP contribution in [0, 0.1) is 0 Å². The lowest BCUT2D eigenvalue weighted by atomic mass is 10.0. The molecule has 0 fully saturated rings. The number of nitrogens with zero attached hydrogens (tertiary/aromatic N) is 1. The van der Waals surface area contributed by atoms with E-state index in [-0.39, 0.29) is 12.1 Å². The SMILES string of the molecule is CC(N)C(c1ccc(Cl)c(Cl)c1)N(C)C. The normalized spacial score (nSPS) is 15.4. The van der Waals surface area contributed by atoms with Gasteiger partial charge in [0.25, 0.3) is 0 Å². The molecule has 1 aromatic carbocycles. The highest BCUT2D eigenvalue weighted by molar-refractivity contribution is 6.42. The van der Waals surface area contributed by atoms with Gasteiger partial charge in [0.05, 0.1) is 10.0 Å². The Kier molecular flexibility index (Phi) is 4.41. The average Bonchev–Trinajstić information content (AvgIpc) is 2.10. The molecule has 0 aromatic heterocycles. The highest BCUT2D eigenvalue weighted by Gasteiger charge is 2.18. The van der Waals surface area contributed by atoms with Gasteiger partial charge in [0.1, 0.15) is 0 Å². The van der Waals surface area contributed by atoms with Crippen LogP contribution in [0.15, 0.2) is 18.2 Å². The molecule has 1 aromatic rings. The van der Waals surface area contributed by atoms with E-state index in [1.165, 1.54) is 0 Å². The lowest BCUT2D eigenvalue weighted by Gasteiger charge is -2.28. The summed E-state index contributed by atoms with van der Waals surface area (Å²) in [5.74, 6) is 0. The van der Waals surface area contributed by atoms with Crippen molar-refractivity contribution in [2.45, 2.75) is 19.0 Å². The number of halogens is 2. The third-order valence-electron chi connectivity index (χ3n) is 2.34. The van der Waals surface area contributed by atoms with Crippen LogP contribution in [-0.4, -0.2) is 25.0 Å². The molecule has 0 spiro atoms. The number of hydrogen-bond acceptors (Lipinski definition) is 2. The fraction of sp³-hybridized carbons (Fsp3) is 0.455. The van der Waals surface area contributed by atoms with Crippen LogP contribution in [0.1, 0.15) is 18.5 Å². The molecular weight excluding hydrogens is 231 g/mol. The molecule has 15 heavy (non-hydrogen) atoms.